The van der Waals surface area contributed by atoms with Gasteiger partial charge in [0.1, 0.15) is 23.3 Å². The summed E-state index contributed by atoms with van der Waals surface area (Å²) in [6.45, 7) is 1.63. The van der Waals surface area contributed by atoms with E-state index in [2.05, 4.69) is 10.4 Å². The number of carbonyl (C=O) groups is 3. The largest absolute Gasteiger partial charge is 0.477 e. The molecule has 2 N–H and O–H groups in total. The molecule has 0 aromatic carbocycles. The van der Waals surface area contributed by atoms with E-state index in [1.54, 1.807) is 6.92 Å². The van der Waals surface area contributed by atoms with Crippen LogP contribution in [0.1, 0.15) is 17.4 Å². The maximum atomic E-state index is 12.3. The summed E-state index contributed by atoms with van der Waals surface area (Å²) in [5.74, 6) is -2.22. The lowest BCUT2D eigenvalue weighted by atomic mass is 10.0. The summed E-state index contributed by atoms with van der Waals surface area (Å²) in [6.07, 6.45) is 1.09. The molecule has 0 saturated carbocycles. The molecule has 25 heavy (non-hydrogen) atoms. The van der Waals surface area contributed by atoms with Gasteiger partial charge in [-0.3, -0.25) is 29.3 Å². The summed E-state index contributed by atoms with van der Waals surface area (Å²) in [5.41, 5.74) is -0.387. The second-order valence-electron chi connectivity index (χ2n) is 5.59. The average molecular weight is 367 g/mol. The molecule has 2 aliphatic heterocycles. The number of rotatable bonds is 4. The van der Waals surface area contributed by atoms with Crippen LogP contribution in [0.5, 0.6) is 0 Å². The van der Waals surface area contributed by atoms with Crippen LogP contribution in [0, 0.1) is 10.1 Å². The summed E-state index contributed by atoms with van der Waals surface area (Å²) >= 11 is 1.32. The van der Waals surface area contributed by atoms with E-state index in [-0.39, 0.29) is 5.70 Å². The number of nitro groups is 1. The lowest BCUT2D eigenvalue weighted by molar-refractivity contribution is -0.385. The lowest BCUT2D eigenvalue weighted by Crippen LogP contribution is -2.70. The van der Waals surface area contributed by atoms with E-state index in [4.69, 9.17) is 0 Å². The molecule has 0 aliphatic carbocycles. The first kappa shape index (κ1) is 17.0. The Labute approximate surface area is 144 Å². The second kappa shape index (κ2) is 5.88. The van der Waals surface area contributed by atoms with Crippen molar-refractivity contribution in [3.8, 4) is 0 Å². The van der Waals surface area contributed by atoms with Gasteiger partial charge in [-0.2, -0.15) is 5.10 Å². The zero-order valence-corrected chi connectivity index (χ0v) is 13.9. The van der Waals surface area contributed by atoms with Crippen LogP contribution in [0.4, 0.5) is 5.69 Å². The molecule has 0 unspecified atom stereocenters. The Hall–Kier alpha value is -2.89. The van der Waals surface area contributed by atoms with E-state index in [1.807, 2.05) is 0 Å². The van der Waals surface area contributed by atoms with Crippen LogP contribution in [-0.4, -0.2) is 59.7 Å². The first-order chi connectivity index (χ1) is 11.7. The van der Waals surface area contributed by atoms with Gasteiger partial charge in [-0.1, -0.05) is 0 Å². The third-order valence-electron chi connectivity index (χ3n) is 3.87. The van der Waals surface area contributed by atoms with Gasteiger partial charge in [0.2, 0.25) is 5.69 Å². The Morgan fingerprint density at radius 3 is 2.80 bits per heavy atom. The highest BCUT2D eigenvalue weighted by Gasteiger charge is 2.54. The van der Waals surface area contributed by atoms with Gasteiger partial charge in [0, 0.05) is 12.8 Å². The van der Waals surface area contributed by atoms with Gasteiger partial charge >= 0.3 is 11.7 Å². The van der Waals surface area contributed by atoms with Crippen LogP contribution < -0.4 is 5.32 Å². The minimum Gasteiger partial charge on any atom is -0.477 e. The van der Waals surface area contributed by atoms with Crippen molar-refractivity contribution < 1.29 is 24.4 Å². The zero-order valence-electron chi connectivity index (χ0n) is 13.1. The molecule has 1 saturated heterocycles. The number of hydrogen-bond acceptors (Lipinski definition) is 7. The molecular formula is C13H13N5O6S. The fourth-order valence-corrected chi connectivity index (χ4v) is 4.05. The number of carboxylic acids is 1. The van der Waals surface area contributed by atoms with Crippen molar-refractivity contribution in [1.29, 1.82) is 0 Å². The second-order valence-corrected chi connectivity index (χ2v) is 6.69. The normalized spacial score (nSPS) is 22.3. The van der Waals surface area contributed by atoms with Gasteiger partial charge in [-0.15, -0.1) is 11.8 Å². The van der Waals surface area contributed by atoms with Crippen LogP contribution in [0.2, 0.25) is 0 Å². The van der Waals surface area contributed by atoms with Gasteiger partial charge in [0.15, 0.2) is 0 Å². The summed E-state index contributed by atoms with van der Waals surface area (Å²) in [6, 6.07) is -0.957. The maximum absolute atomic E-state index is 12.3. The first-order valence-electron chi connectivity index (χ1n) is 7.09. The van der Waals surface area contributed by atoms with Crippen molar-refractivity contribution in [3.05, 3.63) is 33.3 Å². The molecule has 2 aliphatic rings. The number of aryl methyl sites for hydroxylation is 1. The molecule has 2 amide bonds. The van der Waals surface area contributed by atoms with Gasteiger partial charge in [0.25, 0.3) is 11.8 Å². The smallest absolute Gasteiger partial charge is 0.352 e. The van der Waals surface area contributed by atoms with Crippen LogP contribution >= 0.6 is 11.8 Å². The van der Waals surface area contributed by atoms with E-state index in [0.29, 0.717) is 11.3 Å². The highest BCUT2D eigenvalue weighted by atomic mass is 32.2. The molecule has 0 spiro atoms. The summed E-state index contributed by atoms with van der Waals surface area (Å²) in [5, 5.41) is 25.8. The van der Waals surface area contributed by atoms with E-state index in [0.717, 1.165) is 15.8 Å². The number of carbonyl (C=O) groups excluding carboxylic acids is 2. The summed E-state index contributed by atoms with van der Waals surface area (Å²) in [7, 11) is 1.43. The van der Waals surface area contributed by atoms with Gasteiger partial charge in [-0.25, -0.2) is 4.79 Å². The Bertz CT molecular complexity index is 846. The van der Waals surface area contributed by atoms with E-state index < -0.39 is 45.5 Å². The number of nitrogens with zero attached hydrogens (tertiary/aromatic N) is 4. The number of thioether (sulfide) groups is 1. The summed E-state index contributed by atoms with van der Waals surface area (Å²) < 4.78 is 1.13. The quantitative estimate of drug-likeness (QED) is 0.419. The molecule has 1 aromatic rings. The van der Waals surface area contributed by atoms with Crippen LogP contribution in [0.3, 0.4) is 0 Å². The zero-order chi connectivity index (χ0) is 18.5. The monoisotopic (exact) mass is 367 g/mol. The minimum absolute atomic E-state index is 0.0805. The molecule has 3 rings (SSSR count). The van der Waals surface area contributed by atoms with Gasteiger partial charge in [-0.05, 0) is 12.5 Å². The Morgan fingerprint density at radius 1 is 1.52 bits per heavy atom. The predicted octanol–water partition coefficient (Wildman–Crippen LogP) is -0.300. The number of amides is 2. The number of nitrogens with one attached hydrogen (secondary N) is 1. The number of β-lactam (4-membered cyclic amide) rings is 1. The van der Waals surface area contributed by atoms with Crippen LogP contribution in [0.25, 0.3) is 0 Å². The lowest BCUT2D eigenvalue weighted by Gasteiger charge is -2.49. The first-order valence-corrected chi connectivity index (χ1v) is 8.14. The maximum Gasteiger partial charge on any atom is 0.352 e. The highest BCUT2D eigenvalue weighted by Crippen LogP contribution is 2.40. The highest BCUT2D eigenvalue weighted by molar-refractivity contribution is 8.00. The van der Waals surface area contributed by atoms with Crippen LogP contribution in [0.15, 0.2) is 17.5 Å². The average Bonchev–Trinajstić information content (AvgIpc) is 2.94. The molecule has 1 aromatic heterocycles. The predicted molar refractivity (Wildman–Crippen MR) is 84.5 cm³/mol. The fourth-order valence-electron chi connectivity index (χ4n) is 2.76. The third-order valence-corrected chi connectivity index (χ3v) is 5.29. The fraction of sp³-hybridized carbons (Fsp3) is 0.385. The SMILES string of the molecule is CC1=C(C(=O)O)N2C(=O)[C@@H](NC(=O)c3nn(C)cc3[N+](=O)[O-])[C@H]2SC1. The molecule has 2 atom stereocenters. The van der Waals surface area contributed by atoms with Gasteiger partial charge in [0.05, 0.1) is 4.92 Å². The Balaban J connectivity index is 1.80. The molecule has 12 heteroatoms. The van der Waals surface area contributed by atoms with Crippen molar-refractivity contribution in [1.82, 2.24) is 20.0 Å². The molecule has 3 heterocycles. The van der Waals surface area contributed by atoms with E-state index in [9.17, 15) is 29.6 Å². The molecule has 132 valence electrons. The van der Waals surface area contributed by atoms with E-state index >= 15 is 0 Å². The third kappa shape index (κ3) is 2.63. The van der Waals surface area contributed by atoms with Gasteiger partial charge < -0.3 is 10.4 Å². The van der Waals surface area contributed by atoms with Crippen molar-refractivity contribution >= 4 is 35.2 Å². The van der Waals surface area contributed by atoms with E-state index in [1.165, 1.54) is 18.8 Å². The number of aromatic nitrogens is 2. The van der Waals surface area contributed by atoms with Crippen LogP contribution in [-0.2, 0) is 16.6 Å². The molecule has 1 fully saturated rings. The Morgan fingerprint density at radius 2 is 2.20 bits per heavy atom. The Kier molecular flexibility index (Phi) is 3.99. The molecular weight excluding hydrogens is 354 g/mol. The van der Waals surface area contributed by atoms with Crippen molar-refractivity contribution in [2.45, 2.75) is 18.3 Å². The standard InChI is InChI=1S/C13H13N5O6S/c1-5-4-25-12-8(11(20)17(12)9(5)13(21)22)14-10(19)7-6(18(23)24)3-16(2)15-7/h3,8,12H,4H2,1-2H3,(H,14,19)(H,21,22)/t8-,12-/m1/s1. The molecule has 11 nitrogen and oxygen atoms in total. The number of carboxylic acid groups (broad SMARTS) is 1. The summed E-state index contributed by atoms with van der Waals surface area (Å²) in [4.78, 5) is 47.3. The molecule has 0 radical (unpaired) electrons. The minimum atomic E-state index is -1.21. The molecule has 0 bridgehead atoms. The number of aliphatic carboxylic acids is 1. The number of hydrogen-bond donors (Lipinski definition) is 2. The number of fused-ring (bicyclic) bond motifs is 1. The van der Waals surface area contributed by atoms with Crippen molar-refractivity contribution in [2.75, 3.05) is 5.75 Å². The topological polar surface area (TPSA) is 148 Å². The van der Waals surface area contributed by atoms with Crippen molar-refractivity contribution in [2.24, 2.45) is 7.05 Å². The van der Waals surface area contributed by atoms with Crippen molar-refractivity contribution in [3.63, 3.8) is 0 Å².